The lowest BCUT2D eigenvalue weighted by Gasteiger charge is -2.17. The number of nitrogens with one attached hydrogen (secondary N) is 2. The van der Waals surface area contributed by atoms with Gasteiger partial charge < -0.3 is 15.5 Å². The Balaban J connectivity index is 1.48. The first-order valence-electron chi connectivity index (χ1n) is 8.17. The minimum Gasteiger partial charge on any atom is -0.357 e. The van der Waals surface area contributed by atoms with Crippen LogP contribution in [0.3, 0.4) is 0 Å². The maximum atomic E-state index is 11.9. The molecule has 1 saturated heterocycles. The second-order valence-electron chi connectivity index (χ2n) is 5.88. The van der Waals surface area contributed by atoms with Gasteiger partial charge in [-0.05, 0) is 48.2 Å². The van der Waals surface area contributed by atoms with E-state index in [9.17, 15) is 4.79 Å². The zero-order chi connectivity index (χ0) is 16.8. The molecular formula is C18H21ClN4O. The topological polar surface area (TPSA) is 57.3 Å². The molecule has 1 aliphatic heterocycles. The van der Waals surface area contributed by atoms with Gasteiger partial charge in [-0.3, -0.25) is 0 Å². The van der Waals surface area contributed by atoms with E-state index < -0.39 is 0 Å². The summed E-state index contributed by atoms with van der Waals surface area (Å²) >= 11 is 5.93. The lowest BCUT2D eigenvalue weighted by atomic mass is 10.2. The molecule has 2 N–H and O–H groups in total. The number of pyridine rings is 1. The largest absolute Gasteiger partial charge is 0.357 e. The number of anilines is 1. The number of rotatable bonds is 5. The molecule has 0 spiro atoms. The zero-order valence-electron chi connectivity index (χ0n) is 13.5. The van der Waals surface area contributed by atoms with Gasteiger partial charge in [-0.2, -0.15) is 0 Å². The molecule has 126 valence electrons. The van der Waals surface area contributed by atoms with Crippen molar-refractivity contribution in [3.8, 4) is 0 Å². The first kappa shape index (κ1) is 16.6. The van der Waals surface area contributed by atoms with E-state index in [1.54, 1.807) is 6.20 Å². The predicted octanol–water partition coefficient (Wildman–Crippen LogP) is 3.33. The van der Waals surface area contributed by atoms with Gasteiger partial charge in [-0.1, -0.05) is 23.7 Å². The molecule has 1 fully saturated rings. The lowest BCUT2D eigenvalue weighted by molar-refractivity contribution is 0.240. The van der Waals surface area contributed by atoms with Gasteiger partial charge in [0.05, 0.1) is 0 Å². The monoisotopic (exact) mass is 344 g/mol. The van der Waals surface area contributed by atoms with Crippen LogP contribution in [-0.2, 0) is 13.1 Å². The molecule has 0 aliphatic carbocycles. The molecule has 6 heteroatoms. The average molecular weight is 345 g/mol. The van der Waals surface area contributed by atoms with E-state index in [-0.39, 0.29) is 6.03 Å². The molecule has 2 amide bonds. The fourth-order valence-corrected chi connectivity index (χ4v) is 2.98. The summed E-state index contributed by atoms with van der Waals surface area (Å²) in [5.41, 5.74) is 2.02. The van der Waals surface area contributed by atoms with Crippen LogP contribution in [0.5, 0.6) is 0 Å². The number of halogens is 1. The third kappa shape index (κ3) is 4.61. The Labute approximate surface area is 147 Å². The highest BCUT2D eigenvalue weighted by molar-refractivity contribution is 6.30. The minimum atomic E-state index is -0.200. The Morgan fingerprint density at radius 1 is 1.08 bits per heavy atom. The summed E-state index contributed by atoms with van der Waals surface area (Å²) in [7, 11) is 0. The summed E-state index contributed by atoms with van der Waals surface area (Å²) in [4.78, 5) is 18.6. The van der Waals surface area contributed by atoms with Crippen molar-refractivity contribution in [3.63, 3.8) is 0 Å². The van der Waals surface area contributed by atoms with Gasteiger partial charge >= 0.3 is 6.03 Å². The van der Waals surface area contributed by atoms with Gasteiger partial charge in [0.2, 0.25) is 0 Å². The highest BCUT2D eigenvalue weighted by atomic mass is 35.5. The molecule has 1 aromatic carbocycles. The fourth-order valence-electron chi connectivity index (χ4n) is 2.76. The summed E-state index contributed by atoms with van der Waals surface area (Å²) in [5, 5.41) is 6.37. The Morgan fingerprint density at radius 2 is 1.79 bits per heavy atom. The number of hydrogen-bond donors (Lipinski definition) is 2. The Morgan fingerprint density at radius 3 is 2.50 bits per heavy atom. The lowest BCUT2D eigenvalue weighted by Crippen LogP contribution is -2.34. The number of carbonyl (C=O) groups is 1. The zero-order valence-corrected chi connectivity index (χ0v) is 14.2. The second kappa shape index (κ2) is 8.02. The van der Waals surface area contributed by atoms with Crippen molar-refractivity contribution in [3.05, 3.63) is 58.7 Å². The highest BCUT2D eigenvalue weighted by Crippen LogP contribution is 2.18. The molecule has 2 heterocycles. The maximum Gasteiger partial charge on any atom is 0.315 e. The Bertz CT molecular complexity index is 701. The van der Waals surface area contributed by atoms with E-state index in [1.165, 1.54) is 12.8 Å². The predicted molar refractivity (Wildman–Crippen MR) is 96.2 cm³/mol. The number of amides is 2. The number of aromatic nitrogens is 1. The second-order valence-corrected chi connectivity index (χ2v) is 6.32. The molecule has 2 aromatic rings. The number of nitrogens with zero attached hydrogens (tertiary/aromatic N) is 2. The van der Waals surface area contributed by atoms with Gasteiger partial charge in [0.15, 0.2) is 0 Å². The van der Waals surface area contributed by atoms with Gasteiger partial charge in [-0.15, -0.1) is 0 Å². The Hall–Kier alpha value is -2.27. The van der Waals surface area contributed by atoms with Crippen LogP contribution in [0.1, 0.15) is 24.0 Å². The first-order valence-corrected chi connectivity index (χ1v) is 8.54. The summed E-state index contributed by atoms with van der Waals surface area (Å²) in [6, 6.07) is 11.2. The van der Waals surface area contributed by atoms with Gasteiger partial charge in [0.25, 0.3) is 0 Å². The average Bonchev–Trinajstić information content (AvgIpc) is 3.13. The molecule has 0 bridgehead atoms. The van der Waals surface area contributed by atoms with E-state index in [4.69, 9.17) is 11.6 Å². The summed E-state index contributed by atoms with van der Waals surface area (Å²) in [6.45, 7) is 3.04. The number of benzene rings is 1. The standard InChI is InChI=1S/C18H21ClN4O/c19-16-5-3-4-14(10-16)12-21-18(24)22-13-15-6-7-20-17(11-15)23-8-1-2-9-23/h3-7,10-11H,1-2,8-9,12-13H2,(H2,21,22,24). The molecule has 5 nitrogen and oxygen atoms in total. The van der Waals surface area contributed by atoms with Crippen molar-refractivity contribution in [1.82, 2.24) is 15.6 Å². The van der Waals surface area contributed by atoms with Crippen molar-refractivity contribution in [2.24, 2.45) is 0 Å². The van der Waals surface area contributed by atoms with Crippen LogP contribution in [0.25, 0.3) is 0 Å². The number of hydrogen-bond acceptors (Lipinski definition) is 3. The smallest absolute Gasteiger partial charge is 0.315 e. The normalized spacial score (nSPS) is 13.8. The fraction of sp³-hybridized carbons (Fsp3) is 0.333. The Kier molecular flexibility index (Phi) is 5.54. The van der Waals surface area contributed by atoms with Crippen LogP contribution in [0.2, 0.25) is 5.02 Å². The van der Waals surface area contributed by atoms with E-state index >= 15 is 0 Å². The van der Waals surface area contributed by atoms with Crippen molar-refractivity contribution < 1.29 is 4.79 Å². The first-order chi connectivity index (χ1) is 11.7. The summed E-state index contributed by atoms with van der Waals surface area (Å²) < 4.78 is 0. The maximum absolute atomic E-state index is 11.9. The summed E-state index contributed by atoms with van der Waals surface area (Å²) in [5.74, 6) is 0.992. The quantitative estimate of drug-likeness (QED) is 0.874. The molecule has 0 saturated carbocycles. The summed E-state index contributed by atoms with van der Waals surface area (Å²) in [6.07, 6.45) is 4.24. The van der Waals surface area contributed by atoms with Gasteiger partial charge in [0.1, 0.15) is 5.82 Å². The molecule has 0 unspecified atom stereocenters. The number of carbonyl (C=O) groups excluding carboxylic acids is 1. The van der Waals surface area contributed by atoms with Crippen molar-refractivity contribution in [2.45, 2.75) is 25.9 Å². The molecule has 24 heavy (non-hydrogen) atoms. The van der Waals surface area contributed by atoms with Gasteiger partial charge in [0, 0.05) is 37.4 Å². The molecule has 0 radical (unpaired) electrons. The third-order valence-electron chi connectivity index (χ3n) is 4.04. The van der Waals surface area contributed by atoms with Gasteiger partial charge in [-0.25, -0.2) is 9.78 Å². The molecule has 3 rings (SSSR count). The van der Waals surface area contributed by atoms with Crippen molar-refractivity contribution in [2.75, 3.05) is 18.0 Å². The highest BCUT2D eigenvalue weighted by Gasteiger charge is 2.13. The number of urea groups is 1. The van der Waals surface area contributed by atoms with E-state index in [0.717, 1.165) is 30.0 Å². The van der Waals surface area contributed by atoms with Crippen molar-refractivity contribution >= 4 is 23.4 Å². The third-order valence-corrected chi connectivity index (χ3v) is 4.27. The van der Waals surface area contributed by atoms with Crippen LogP contribution in [0.15, 0.2) is 42.6 Å². The molecule has 1 aliphatic rings. The molecular weight excluding hydrogens is 324 g/mol. The van der Waals surface area contributed by atoms with Crippen LogP contribution in [0.4, 0.5) is 10.6 Å². The van der Waals surface area contributed by atoms with E-state index in [2.05, 4.69) is 20.5 Å². The van der Waals surface area contributed by atoms with Crippen LogP contribution in [-0.4, -0.2) is 24.1 Å². The van der Waals surface area contributed by atoms with Crippen LogP contribution < -0.4 is 15.5 Å². The van der Waals surface area contributed by atoms with E-state index in [0.29, 0.717) is 18.1 Å². The SMILES string of the molecule is O=C(NCc1cccc(Cl)c1)NCc1ccnc(N2CCCC2)c1. The minimum absolute atomic E-state index is 0.200. The van der Waals surface area contributed by atoms with Crippen LogP contribution in [0, 0.1) is 0 Å². The molecule has 1 aromatic heterocycles. The van der Waals surface area contributed by atoms with E-state index in [1.807, 2.05) is 36.4 Å². The van der Waals surface area contributed by atoms with Crippen molar-refractivity contribution in [1.29, 1.82) is 0 Å². The molecule has 0 atom stereocenters. The van der Waals surface area contributed by atoms with Crippen LogP contribution >= 0.6 is 11.6 Å².